The smallest absolute Gasteiger partial charge is 0.220 e. The van der Waals surface area contributed by atoms with E-state index in [1.165, 1.54) is 12.8 Å². The molecule has 1 aliphatic heterocycles. The molecule has 1 unspecified atom stereocenters. The summed E-state index contributed by atoms with van der Waals surface area (Å²) in [5.74, 6) is 1.35. The molecule has 1 amide bonds. The summed E-state index contributed by atoms with van der Waals surface area (Å²) >= 11 is 5.99. The van der Waals surface area contributed by atoms with E-state index < -0.39 is 0 Å². The third kappa shape index (κ3) is 5.94. The van der Waals surface area contributed by atoms with Crippen molar-refractivity contribution in [3.8, 4) is 5.75 Å². The molecule has 1 aromatic rings. The van der Waals surface area contributed by atoms with Crippen molar-refractivity contribution in [3.63, 3.8) is 0 Å². The predicted octanol–water partition coefficient (Wildman–Crippen LogP) is 2.61. The van der Waals surface area contributed by atoms with Gasteiger partial charge in [-0.15, -0.1) is 0 Å². The Bertz CT molecular complexity index is 448. The first-order chi connectivity index (χ1) is 10.3. The topological polar surface area (TPSA) is 50.4 Å². The molecule has 0 bridgehead atoms. The van der Waals surface area contributed by atoms with Gasteiger partial charge < -0.3 is 15.4 Å². The normalized spacial score (nSPS) is 18.2. The highest BCUT2D eigenvalue weighted by atomic mass is 35.5. The van der Waals surface area contributed by atoms with Gasteiger partial charge in [-0.05, 0) is 50.4 Å². The maximum atomic E-state index is 11.8. The molecule has 1 saturated heterocycles. The monoisotopic (exact) mass is 310 g/mol. The quantitative estimate of drug-likeness (QED) is 0.761. The fourth-order valence-electron chi connectivity index (χ4n) is 2.42. The first-order valence-corrected chi connectivity index (χ1v) is 7.98. The molecule has 1 fully saturated rings. The van der Waals surface area contributed by atoms with Crippen molar-refractivity contribution in [1.82, 2.24) is 10.6 Å². The van der Waals surface area contributed by atoms with Crippen LogP contribution in [-0.4, -0.2) is 32.1 Å². The summed E-state index contributed by atoms with van der Waals surface area (Å²) in [4.78, 5) is 11.8. The average molecular weight is 311 g/mol. The summed E-state index contributed by atoms with van der Waals surface area (Å²) in [7, 11) is 0. The van der Waals surface area contributed by atoms with Crippen molar-refractivity contribution < 1.29 is 9.53 Å². The van der Waals surface area contributed by atoms with Crippen molar-refractivity contribution in [2.24, 2.45) is 5.92 Å². The Balaban J connectivity index is 1.56. The van der Waals surface area contributed by atoms with Crippen LogP contribution in [0.25, 0.3) is 0 Å². The maximum Gasteiger partial charge on any atom is 0.220 e. The number of benzene rings is 1. The molecular formula is C16H23ClN2O2. The Morgan fingerprint density at radius 2 is 2.29 bits per heavy atom. The Hall–Kier alpha value is -1.26. The number of piperidine rings is 1. The van der Waals surface area contributed by atoms with Crippen molar-refractivity contribution in [2.75, 3.05) is 26.2 Å². The number of ether oxygens (including phenoxy) is 1. The van der Waals surface area contributed by atoms with E-state index in [2.05, 4.69) is 10.6 Å². The first-order valence-electron chi connectivity index (χ1n) is 7.60. The van der Waals surface area contributed by atoms with Gasteiger partial charge in [0.15, 0.2) is 0 Å². The van der Waals surface area contributed by atoms with Crippen LogP contribution in [0.5, 0.6) is 5.75 Å². The second-order valence-electron chi connectivity index (χ2n) is 5.40. The zero-order valence-corrected chi connectivity index (χ0v) is 13.0. The number of hydrogen-bond acceptors (Lipinski definition) is 3. The Kier molecular flexibility index (Phi) is 6.83. The molecule has 4 nitrogen and oxygen atoms in total. The van der Waals surface area contributed by atoms with Gasteiger partial charge in [0.1, 0.15) is 5.75 Å². The fourth-order valence-corrected chi connectivity index (χ4v) is 2.61. The number of rotatable bonds is 7. The first kappa shape index (κ1) is 16.1. The number of carbonyl (C=O) groups is 1. The zero-order chi connectivity index (χ0) is 14.9. The molecule has 1 atom stereocenters. The summed E-state index contributed by atoms with van der Waals surface area (Å²) in [6, 6.07) is 7.37. The molecular weight excluding hydrogens is 288 g/mol. The van der Waals surface area contributed by atoms with Crippen molar-refractivity contribution in [3.05, 3.63) is 29.3 Å². The lowest BCUT2D eigenvalue weighted by Gasteiger charge is -2.22. The third-order valence-corrected chi connectivity index (χ3v) is 3.94. The fraction of sp³-hybridized carbons (Fsp3) is 0.562. The van der Waals surface area contributed by atoms with Gasteiger partial charge in [-0.1, -0.05) is 23.7 Å². The lowest BCUT2D eigenvalue weighted by molar-refractivity contribution is -0.121. The Labute approximate surface area is 131 Å². The largest absolute Gasteiger partial charge is 0.492 e. The molecule has 1 aliphatic rings. The van der Waals surface area contributed by atoms with E-state index in [0.29, 0.717) is 36.1 Å². The van der Waals surface area contributed by atoms with E-state index in [0.717, 1.165) is 19.6 Å². The second-order valence-corrected chi connectivity index (χ2v) is 5.81. The summed E-state index contributed by atoms with van der Waals surface area (Å²) in [5, 5.41) is 6.96. The minimum Gasteiger partial charge on any atom is -0.492 e. The highest BCUT2D eigenvalue weighted by Crippen LogP contribution is 2.23. The van der Waals surface area contributed by atoms with Crippen LogP contribution in [0.3, 0.4) is 0 Å². The molecule has 0 saturated carbocycles. The number of para-hydroxylation sites is 1. The highest BCUT2D eigenvalue weighted by molar-refractivity contribution is 6.32. The maximum absolute atomic E-state index is 11.8. The van der Waals surface area contributed by atoms with E-state index in [9.17, 15) is 4.79 Å². The molecule has 1 heterocycles. The number of amides is 1. The summed E-state index contributed by atoms with van der Waals surface area (Å²) in [6.07, 6.45) is 3.58. The number of hydrogen-bond donors (Lipinski definition) is 2. The van der Waals surface area contributed by atoms with Crippen molar-refractivity contribution >= 4 is 17.5 Å². The molecule has 0 aliphatic carbocycles. The molecule has 2 N–H and O–H groups in total. The van der Waals surface area contributed by atoms with E-state index in [4.69, 9.17) is 16.3 Å². The molecule has 0 spiro atoms. The minimum absolute atomic E-state index is 0.100. The van der Waals surface area contributed by atoms with Gasteiger partial charge in [-0.25, -0.2) is 0 Å². The van der Waals surface area contributed by atoms with E-state index in [1.54, 1.807) is 6.07 Å². The van der Waals surface area contributed by atoms with Crippen LogP contribution < -0.4 is 15.4 Å². The SMILES string of the molecule is O=C(CCCOc1ccccc1Cl)NCC1CCCNC1. The van der Waals surface area contributed by atoms with Gasteiger partial charge in [-0.2, -0.15) is 0 Å². The number of nitrogens with one attached hydrogen (secondary N) is 2. The average Bonchev–Trinajstić information content (AvgIpc) is 2.52. The van der Waals surface area contributed by atoms with Crippen molar-refractivity contribution in [2.45, 2.75) is 25.7 Å². The molecule has 0 aromatic heterocycles. The lowest BCUT2D eigenvalue weighted by atomic mass is 10.00. The van der Waals surface area contributed by atoms with Gasteiger partial charge in [0.05, 0.1) is 11.6 Å². The van der Waals surface area contributed by atoms with Crippen molar-refractivity contribution in [1.29, 1.82) is 0 Å². The molecule has 1 aromatic carbocycles. The van der Waals surface area contributed by atoms with Crippen LogP contribution in [0, 0.1) is 5.92 Å². The Morgan fingerprint density at radius 1 is 1.43 bits per heavy atom. The number of carbonyl (C=O) groups excluding carboxylic acids is 1. The highest BCUT2D eigenvalue weighted by Gasteiger charge is 2.13. The summed E-state index contributed by atoms with van der Waals surface area (Å²) < 4.78 is 5.56. The third-order valence-electron chi connectivity index (χ3n) is 3.63. The molecule has 2 rings (SSSR count). The van der Waals surface area contributed by atoms with Crippen LogP contribution in [0.1, 0.15) is 25.7 Å². The standard InChI is InChI=1S/C16H23ClN2O2/c17-14-6-1-2-7-15(14)21-10-4-8-16(20)19-12-13-5-3-9-18-11-13/h1-2,6-7,13,18H,3-5,8-12H2,(H,19,20). The summed E-state index contributed by atoms with van der Waals surface area (Å²) in [5.41, 5.74) is 0. The van der Waals surface area contributed by atoms with Crippen LogP contribution in [0.15, 0.2) is 24.3 Å². The van der Waals surface area contributed by atoms with Crippen LogP contribution >= 0.6 is 11.6 Å². The van der Waals surface area contributed by atoms with Gasteiger partial charge >= 0.3 is 0 Å². The number of halogens is 1. The molecule has 0 radical (unpaired) electrons. The zero-order valence-electron chi connectivity index (χ0n) is 12.2. The Morgan fingerprint density at radius 3 is 3.05 bits per heavy atom. The minimum atomic E-state index is 0.100. The summed E-state index contributed by atoms with van der Waals surface area (Å²) in [6.45, 7) is 3.39. The van der Waals surface area contributed by atoms with E-state index in [1.807, 2.05) is 18.2 Å². The van der Waals surface area contributed by atoms with Crippen LogP contribution in [-0.2, 0) is 4.79 Å². The van der Waals surface area contributed by atoms with E-state index in [-0.39, 0.29) is 5.91 Å². The second kappa shape index (κ2) is 8.90. The van der Waals surface area contributed by atoms with Gasteiger partial charge in [0, 0.05) is 13.0 Å². The van der Waals surface area contributed by atoms with Gasteiger partial charge in [0.25, 0.3) is 0 Å². The van der Waals surface area contributed by atoms with Crippen LogP contribution in [0.4, 0.5) is 0 Å². The molecule has 21 heavy (non-hydrogen) atoms. The molecule has 5 heteroatoms. The van der Waals surface area contributed by atoms with E-state index >= 15 is 0 Å². The lowest BCUT2D eigenvalue weighted by Crippen LogP contribution is -2.38. The van der Waals surface area contributed by atoms with Crippen LogP contribution in [0.2, 0.25) is 5.02 Å². The molecule has 116 valence electrons. The van der Waals surface area contributed by atoms with Gasteiger partial charge in [-0.3, -0.25) is 4.79 Å². The van der Waals surface area contributed by atoms with Gasteiger partial charge in [0.2, 0.25) is 5.91 Å². The predicted molar refractivity (Wildman–Crippen MR) is 84.8 cm³/mol.